The summed E-state index contributed by atoms with van der Waals surface area (Å²) in [5.74, 6) is 0.907. The van der Waals surface area contributed by atoms with Gasteiger partial charge in [-0.15, -0.1) is 0 Å². The number of aryl methyl sites for hydroxylation is 1. The first-order valence-electron chi connectivity index (χ1n) is 11.1. The van der Waals surface area contributed by atoms with Crippen molar-refractivity contribution in [3.8, 4) is 22.7 Å². The molecular weight excluding hydrogens is 435 g/mol. The molecule has 2 aromatic heterocycles. The van der Waals surface area contributed by atoms with Gasteiger partial charge < -0.3 is 14.2 Å². The van der Waals surface area contributed by atoms with Crippen LogP contribution in [-0.2, 0) is 17.7 Å². The van der Waals surface area contributed by atoms with Crippen molar-refractivity contribution in [2.75, 3.05) is 18.1 Å². The van der Waals surface area contributed by atoms with Crippen LogP contribution in [0.5, 0.6) is 0 Å². The summed E-state index contributed by atoms with van der Waals surface area (Å²) in [7, 11) is 0. The second kappa shape index (κ2) is 9.05. The van der Waals surface area contributed by atoms with Crippen LogP contribution in [0.25, 0.3) is 22.7 Å². The van der Waals surface area contributed by atoms with E-state index in [1.54, 1.807) is 19.1 Å². The van der Waals surface area contributed by atoms with E-state index in [-0.39, 0.29) is 12.4 Å². The SMILES string of the molecule is CCOC(=O)c1cnc(-c2cccc(C)c2)nc1N1CCc2c(noc2-c2ccc(F)cc2)C1. The lowest BCUT2D eigenvalue weighted by atomic mass is 10.0. The average Bonchev–Trinajstić information content (AvgIpc) is 3.27. The molecule has 1 aliphatic heterocycles. The van der Waals surface area contributed by atoms with Gasteiger partial charge in [0.05, 0.1) is 13.2 Å². The number of aromatic nitrogens is 3. The molecule has 0 spiro atoms. The smallest absolute Gasteiger partial charge is 0.343 e. The van der Waals surface area contributed by atoms with Gasteiger partial charge in [-0.05, 0) is 50.6 Å². The highest BCUT2D eigenvalue weighted by atomic mass is 19.1. The molecule has 0 unspecified atom stereocenters. The fourth-order valence-electron chi connectivity index (χ4n) is 4.13. The highest BCUT2D eigenvalue weighted by Crippen LogP contribution is 2.33. The Kier molecular flexibility index (Phi) is 5.79. The van der Waals surface area contributed by atoms with Gasteiger partial charge in [0.1, 0.15) is 22.9 Å². The lowest BCUT2D eigenvalue weighted by Gasteiger charge is -2.28. The van der Waals surface area contributed by atoms with E-state index in [0.29, 0.717) is 42.5 Å². The summed E-state index contributed by atoms with van der Waals surface area (Å²) in [5.41, 5.74) is 4.79. The van der Waals surface area contributed by atoms with E-state index in [1.165, 1.54) is 18.3 Å². The van der Waals surface area contributed by atoms with E-state index in [1.807, 2.05) is 36.1 Å². The number of fused-ring (bicyclic) bond motifs is 1. The molecule has 34 heavy (non-hydrogen) atoms. The van der Waals surface area contributed by atoms with E-state index in [2.05, 4.69) is 10.1 Å². The number of rotatable bonds is 5. The van der Waals surface area contributed by atoms with Gasteiger partial charge in [-0.25, -0.2) is 19.2 Å². The number of halogens is 1. The predicted octanol–water partition coefficient (Wildman–Crippen LogP) is 4.99. The second-order valence-electron chi connectivity index (χ2n) is 8.14. The topological polar surface area (TPSA) is 81.4 Å². The van der Waals surface area contributed by atoms with Crippen LogP contribution in [0, 0.1) is 12.7 Å². The first-order valence-corrected chi connectivity index (χ1v) is 11.1. The Hall–Kier alpha value is -4.07. The zero-order chi connectivity index (χ0) is 23.7. The monoisotopic (exact) mass is 458 g/mol. The van der Waals surface area contributed by atoms with Crippen LogP contribution in [0.15, 0.2) is 59.3 Å². The molecule has 0 radical (unpaired) electrons. The molecule has 172 valence electrons. The van der Waals surface area contributed by atoms with Crippen LogP contribution in [0.3, 0.4) is 0 Å². The molecule has 7 nitrogen and oxygen atoms in total. The van der Waals surface area contributed by atoms with Crippen molar-refractivity contribution in [2.45, 2.75) is 26.8 Å². The quantitative estimate of drug-likeness (QED) is 0.390. The number of carbonyl (C=O) groups is 1. The second-order valence-corrected chi connectivity index (χ2v) is 8.14. The lowest BCUT2D eigenvalue weighted by molar-refractivity contribution is 0.0526. The number of carbonyl (C=O) groups excluding carboxylic acids is 1. The molecule has 0 atom stereocenters. The molecule has 0 amide bonds. The van der Waals surface area contributed by atoms with Crippen LogP contribution < -0.4 is 4.90 Å². The Bertz CT molecular complexity index is 1350. The minimum absolute atomic E-state index is 0.256. The molecule has 0 N–H and O–H groups in total. The molecular formula is C26H23FN4O3. The Morgan fingerprint density at radius 1 is 1.18 bits per heavy atom. The molecule has 8 heteroatoms. The van der Waals surface area contributed by atoms with Crippen LogP contribution in [0.4, 0.5) is 10.2 Å². The standard InChI is InChI=1S/C26H23FN4O3/c1-3-33-26(32)21-14-28-24(18-6-4-5-16(2)13-18)29-25(21)31-12-11-20-22(15-31)30-34-23(20)17-7-9-19(27)10-8-17/h4-10,13-14H,3,11-12,15H2,1-2H3. The van der Waals surface area contributed by atoms with E-state index < -0.39 is 5.97 Å². The minimum atomic E-state index is -0.466. The zero-order valence-electron chi connectivity index (χ0n) is 18.9. The number of nitrogens with zero attached hydrogens (tertiary/aromatic N) is 4. The maximum absolute atomic E-state index is 13.3. The van der Waals surface area contributed by atoms with Gasteiger partial charge in [0.15, 0.2) is 11.6 Å². The van der Waals surface area contributed by atoms with E-state index >= 15 is 0 Å². The molecule has 0 fully saturated rings. The molecule has 1 aliphatic rings. The largest absolute Gasteiger partial charge is 0.462 e. The van der Waals surface area contributed by atoms with Crippen molar-refractivity contribution in [3.05, 3.63) is 82.9 Å². The molecule has 2 aromatic carbocycles. The molecule has 0 saturated carbocycles. The van der Waals surface area contributed by atoms with Gasteiger partial charge in [0.2, 0.25) is 0 Å². The highest BCUT2D eigenvalue weighted by Gasteiger charge is 2.29. The fraction of sp³-hybridized carbons (Fsp3) is 0.231. The Morgan fingerprint density at radius 3 is 2.76 bits per heavy atom. The third-order valence-corrected chi connectivity index (χ3v) is 5.79. The molecule has 0 saturated heterocycles. The van der Waals surface area contributed by atoms with Gasteiger partial charge in [-0.3, -0.25) is 0 Å². The van der Waals surface area contributed by atoms with Gasteiger partial charge in [0, 0.05) is 29.4 Å². The van der Waals surface area contributed by atoms with E-state index in [4.69, 9.17) is 14.2 Å². The number of hydrogen-bond donors (Lipinski definition) is 0. The molecule has 0 bridgehead atoms. The van der Waals surface area contributed by atoms with Gasteiger partial charge in [0.25, 0.3) is 0 Å². The normalized spacial score (nSPS) is 13.0. The summed E-state index contributed by atoms with van der Waals surface area (Å²) in [5, 5.41) is 4.26. The predicted molar refractivity (Wildman–Crippen MR) is 125 cm³/mol. The van der Waals surface area contributed by atoms with Crippen LogP contribution >= 0.6 is 0 Å². The Balaban J connectivity index is 1.51. The summed E-state index contributed by atoms with van der Waals surface area (Å²) in [4.78, 5) is 23.9. The average molecular weight is 458 g/mol. The summed E-state index contributed by atoms with van der Waals surface area (Å²) in [6.45, 7) is 5.04. The van der Waals surface area contributed by atoms with Crippen molar-refractivity contribution in [1.82, 2.24) is 15.1 Å². The van der Waals surface area contributed by atoms with Crippen molar-refractivity contribution >= 4 is 11.8 Å². The van der Waals surface area contributed by atoms with Gasteiger partial charge in [-0.1, -0.05) is 28.9 Å². The lowest BCUT2D eigenvalue weighted by Crippen LogP contribution is -2.32. The number of esters is 1. The number of hydrogen-bond acceptors (Lipinski definition) is 7. The van der Waals surface area contributed by atoms with Crippen molar-refractivity contribution < 1.29 is 18.4 Å². The Morgan fingerprint density at radius 2 is 2.00 bits per heavy atom. The third-order valence-electron chi connectivity index (χ3n) is 5.79. The zero-order valence-corrected chi connectivity index (χ0v) is 18.9. The number of anilines is 1. The summed E-state index contributed by atoms with van der Waals surface area (Å²) in [6, 6.07) is 14.1. The molecule has 0 aliphatic carbocycles. The van der Waals surface area contributed by atoms with Crippen LogP contribution in [0.2, 0.25) is 0 Å². The van der Waals surface area contributed by atoms with Crippen molar-refractivity contribution in [2.24, 2.45) is 0 Å². The van der Waals surface area contributed by atoms with Crippen LogP contribution in [0.1, 0.15) is 34.1 Å². The van der Waals surface area contributed by atoms with Crippen molar-refractivity contribution in [3.63, 3.8) is 0 Å². The molecule has 3 heterocycles. The maximum atomic E-state index is 13.3. The minimum Gasteiger partial charge on any atom is -0.462 e. The van der Waals surface area contributed by atoms with Gasteiger partial charge >= 0.3 is 5.97 Å². The maximum Gasteiger partial charge on any atom is 0.343 e. The molecule has 4 aromatic rings. The summed E-state index contributed by atoms with van der Waals surface area (Å²) in [6.07, 6.45) is 2.16. The molecule has 5 rings (SSSR count). The number of benzene rings is 2. The van der Waals surface area contributed by atoms with E-state index in [9.17, 15) is 9.18 Å². The summed E-state index contributed by atoms with van der Waals surface area (Å²) < 4.78 is 24.2. The first kappa shape index (κ1) is 21.8. The third kappa shape index (κ3) is 4.14. The van der Waals surface area contributed by atoms with E-state index in [0.717, 1.165) is 27.9 Å². The van der Waals surface area contributed by atoms with Crippen molar-refractivity contribution in [1.29, 1.82) is 0 Å². The number of ether oxygens (including phenoxy) is 1. The van der Waals surface area contributed by atoms with Gasteiger partial charge in [-0.2, -0.15) is 0 Å². The Labute approximate surface area is 196 Å². The van der Waals surface area contributed by atoms with Crippen LogP contribution in [-0.4, -0.2) is 34.2 Å². The fourth-order valence-corrected chi connectivity index (χ4v) is 4.13. The highest BCUT2D eigenvalue weighted by molar-refractivity contribution is 5.95. The first-order chi connectivity index (χ1) is 16.5. The summed E-state index contributed by atoms with van der Waals surface area (Å²) >= 11 is 0.